The van der Waals surface area contributed by atoms with Gasteiger partial charge in [0.15, 0.2) is 0 Å². The molecule has 20 heavy (non-hydrogen) atoms. The number of amides is 1. The first kappa shape index (κ1) is 17.8. The lowest BCUT2D eigenvalue weighted by Crippen LogP contribution is -2.52. The first-order valence-corrected chi connectivity index (χ1v) is 8.34. The van der Waals surface area contributed by atoms with Crippen LogP contribution in [0.15, 0.2) is 33.6 Å². The van der Waals surface area contributed by atoms with Crippen molar-refractivity contribution >= 4 is 46.0 Å². The predicted molar refractivity (Wildman–Crippen MR) is 90.8 cm³/mol. The Hall–Kier alpha value is -0.230. The summed E-state index contributed by atoms with van der Waals surface area (Å²) in [5.41, 5.74) is 0. The van der Waals surface area contributed by atoms with E-state index in [1.54, 1.807) is 11.8 Å². The van der Waals surface area contributed by atoms with Crippen LogP contribution in [0, 0.1) is 0 Å². The van der Waals surface area contributed by atoms with Gasteiger partial charge in [-0.25, -0.2) is 0 Å². The fourth-order valence-electron chi connectivity index (χ4n) is 2.17. The lowest BCUT2D eigenvalue weighted by Gasteiger charge is -2.34. The Morgan fingerprint density at radius 3 is 2.95 bits per heavy atom. The Balaban J connectivity index is 0.00000200. The normalized spacial score (nSPS) is 18.5. The third kappa shape index (κ3) is 4.95. The maximum atomic E-state index is 12.2. The number of halogens is 2. The van der Waals surface area contributed by atoms with Crippen LogP contribution >= 0.6 is 40.1 Å². The summed E-state index contributed by atoms with van der Waals surface area (Å²) >= 11 is 5.26. The monoisotopic (exact) mass is 378 g/mol. The molecule has 1 aromatic carbocycles. The minimum Gasteiger partial charge on any atom is -0.337 e. The SMILES string of the molecule is CC1CNCCN1C(=O)CCSc1ccccc1Br.Cl. The Bertz CT molecular complexity index is 447. The molecule has 1 fully saturated rings. The van der Waals surface area contributed by atoms with Crippen LogP contribution in [-0.2, 0) is 4.79 Å². The number of rotatable bonds is 4. The van der Waals surface area contributed by atoms with Gasteiger partial charge < -0.3 is 10.2 Å². The van der Waals surface area contributed by atoms with Gasteiger partial charge in [0.25, 0.3) is 0 Å². The summed E-state index contributed by atoms with van der Waals surface area (Å²) in [6.07, 6.45) is 0.607. The zero-order chi connectivity index (χ0) is 13.7. The fraction of sp³-hybridized carbons (Fsp3) is 0.500. The summed E-state index contributed by atoms with van der Waals surface area (Å²) in [5.74, 6) is 1.10. The van der Waals surface area contributed by atoms with Crippen molar-refractivity contribution in [3.05, 3.63) is 28.7 Å². The molecule has 1 unspecified atom stereocenters. The highest BCUT2D eigenvalue weighted by Gasteiger charge is 2.22. The number of nitrogens with one attached hydrogen (secondary N) is 1. The maximum absolute atomic E-state index is 12.2. The summed E-state index contributed by atoms with van der Waals surface area (Å²) in [6, 6.07) is 8.44. The van der Waals surface area contributed by atoms with E-state index in [1.807, 2.05) is 23.1 Å². The van der Waals surface area contributed by atoms with Crippen molar-refractivity contribution in [3.63, 3.8) is 0 Å². The van der Waals surface area contributed by atoms with Crippen LogP contribution in [0.4, 0.5) is 0 Å². The molecule has 0 aromatic heterocycles. The van der Waals surface area contributed by atoms with Crippen LogP contribution in [0.3, 0.4) is 0 Å². The van der Waals surface area contributed by atoms with E-state index in [0.29, 0.717) is 12.5 Å². The van der Waals surface area contributed by atoms with Gasteiger partial charge in [0.2, 0.25) is 5.91 Å². The molecule has 0 spiro atoms. The van der Waals surface area contributed by atoms with Gasteiger partial charge in [-0.05, 0) is 35.0 Å². The third-order valence-electron chi connectivity index (χ3n) is 3.23. The van der Waals surface area contributed by atoms with E-state index in [4.69, 9.17) is 0 Å². The van der Waals surface area contributed by atoms with Crippen molar-refractivity contribution in [2.45, 2.75) is 24.3 Å². The number of benzene rings is 1. The summed E-state index contributed by atoms with van der Waals surface area (Å²) in [7, 11) is 0. The molecule has 0 aliphatic carbocycles. The number of hydrogen-bond acceptors (Lipinski definition) is 3. The Labute approximate surface area is 139 Å². The van der Waals surface area contributed by atoms with Gasteiger partial charge in [0.1, 0.15) is 0 Å². The first-order chi connectivity index (χ1) is 9.18. The molecule has 1 saturated heterocycles. The van der Waals surface area contributed by atoms with Crippen LogP contribution in [0.5, 0.6) is 0 Å². The molecule has 0 saturated carbocycles. The Morgan fingerprint density at radius 1 is 1.50 bits per heavy atom. The molecule has 112 valence electrons. The van der Waals surface area contributed by atoms with Crippen molar-refractivity contribution in [2.75, 3.05) is 25.4 Å². The second kappa shape index (κ2) is 8.93. The molecule has 1 aromatic rings. The largest absolute Gasteiger partial charge is 0.337 e. The van der Waals surface area contributed by atoms with Crippen LogP contribution in [0.1, 0.15) is 13.3 Å². The van der Waals surface area contributed by atoms with Gasteiger partial charge in [-0.2, -0.15) is 0 Å². The smallest absolute Gasteiger partial charge is 0.223 e. The summed E-state index contributed by atoms with van der Waals surface area (Å²) in [5, 5.41) is 3.30. The number of carbonyl (C=O) groups excluding carboxylic acids is 1. The average molecular weight is 380 g/mol. The lowest BCUT2D eigenvalue weighted by molar-refractivity contribution is -0.133. The third-order valence-corrected chi connectivity index (χ3v) is 5.26. The van der Waals surface area contributed by atoms with Gasteiger partial charge in [-0.1, -0.05) is 12.1 Å². The molecule has 6 heteroatoms. The van der Waals surface area contributed by atoms with E-state index in [0.717, 1.165) is 29.9 Å². The Kier molecular flexibility index (Phi) is 7.95. The van der Waals surface area contributed by atoms with E-state index in [9.17, 15) is 4.79 Å². The molecule has 1 aliphatic heterocycles. The maximum Gasteiger partial charge on any atom is 0.223 e. The second-order valence-electron chi connectivity index (χ2n) is 4.67. The minimum atomic E-state index is 0. The highest BCUT2D eigenvalue weighted by atomic mass is 79.9. The highest BCUT2D eigenvalue weighted by Crippen LogP contribution is 2.27. The molecule has 3 nitrogen and oxygen atoms in total. The molecule has 0 bridgehead atoms. The first-order valence-electron chi connectivity index (χ1n) is 6.56. The summed E-state index contributed by atoms with van der Waals surface area (Å²) < 4.78 is 1.10. The van der Waals surface area contributed by atoms with Crippen molar-refractivity contribution in [1.29, 1.82) is 0 Å². The van der Waals surface area contributed by atoms with Crippen LogP contribution in [-0.4, -0.2) is 42.2 Å². The van der Waals surface area contributed by atoms with Gasteiger partial charge in [-0.3, -0.25) is 4.79 Å². The molecule has 1 amide bonds. The minimum absolute atomic E-state index is 0. The van der Waals surface area contributed by atoms with E-state index in [1.165, 1.54) is 4.90 Å². The van der Waals surface area contributed by atoms with Gasteiger partial charge in [-0.15, -0.1) is 24.2 Å². The molecule has 1 aliphatic rings. The van der Waals surface area contributed by atoms with Gasteiger partial charge in [0, 0.05) is 47.2 Å². The standard InChI is InChI=1S/C14H19BrN2OS.ClH/c1-11-10-16-7-8-17(11)14(18)6-9-19-13-5-3-2-4-12(13)15;/h2-5,11,16H,6-10H2,1H3;1H. The number of hydrogen-bond donors (Lipinski definition) is 1. The molecular weight excluding hydrogens is 360 g/mol. The van der Waals surface area contributed by atoms with E-state index in [2.05, 4.69) is 34.2 Å². The van der Waals surface area contributed by atoms with E-state index in [-0.39, 0.29) is 18.3 Å². The van der Waals surface area contributed by atoms with E-state index >= 15 is 0 Å². The van der Waals surface area contributed by atoms with Gasteiger partial charge >= 0.3 is 0 Å². The topological polar surface area (TPSA) is 32.3 Å². The summed E-state index contributed by atoms with van der Waals surface area (Å²) in [6.45, 7) is 4.75. The molecule has 1 heterocycles. The molecule has 0 radical (unpaired) electrons. The van der Waals surface area contributed by atoms with Crippen molar-refractivity contribution in [1.82, 2.24) is 10.2 Å². The number of nitrogens with zero attached hydrogens (tertiary/aromatic N) is 1. The zero-order valence-electron chi connectivity index (χ0n) is 11.5. The van der Waals surface area contributed by atoms with E-state index < -0.39 is 0 Å². The molecule has 1 N–H and O–H groups in total. The number of piperazine rings is 1. The Morgan fingerprint density at radius 2 is 2.25 bits per heavy atom. The number of carbonyl (C=O) groups is 1. The van der Waals surface area contributed by atoms with Crippen LogP contribution < -0.4 is 5.32 Å². The molecule has 1 atom stereocenters. The van der Waals surface area contributed by atoms with Crippen molar-refractivity contribution in [2.24, 2.45) is 0 Å². The number of thioether (sulfide) groups is 1. The van der Waals surface area contributed by atoms with Gasteiger partial charge in [0.05, 0.1) is 0 Å². The molecular formula is C14H20BrClN2OS. The second-order valence-corrected chi connectivity index (χ2v) is 6.66. The lowest BCUT2D eigenvalue weighted by atomic mass is 10.2. The van der Waals surface area contributed by atoms with Crippen molar-refractivity contribution < 1.29 is 4.79 Å². The molecule has 2 rings (SSSR count). The average Bonchev–Trinajstić information content (AvgIpc) is 2.41. The zero-order valence-corrected chi connectivity index (χ0v) is 14.7. The predicted octanol–water partition coefficient (Wildman–Crippen LogP) is 3.17. The van der Waals surface area contributed by atoms with Crippen LogP contribution in [0.2, 0.25) is 0 Å². The summed E-state index contributed by atoms with van der Waals surface area (Å²) in [4.78, 5) is 15.4. The fourth-order valence-corrected chi connectivity index (χ4v) is 3.67. The highest BCUT2D eigenvalue weighted by molar-refractivity contribution is 9.10. The quantitative estimate of drug-likeness (QED) is 0.816. The van der Waals surface area contributed by atoms with Crippen LogP contribution in [0.25, 0.3) is 0 Å². The van der Waals surface area contributed by atoms with Crippen molar-refractivity contribution in [3.8, 4) is 0 Å².